The fourth-order valence-electron chi connectivity index (χ4n) is 1.87. The van der Waals surface area contributed by atoms with E-state index in [4.69, 9.17) is 9.84 Å². The van der Waals surface area contributed by atoms with Gasteiger partial charge in [-0.3, -0.25) is 14.4 Å². The van der Waals surface area contributed by atoms with Crippen molar-refractivity contribution in [3.05, 3.63) is 24.3 Å². The van der Waals surface area contributed by atoms with Gasteiger partial charge in [0.1, 0.15) is 11.8 Å². The third-order valence-electron chi connectivity index (χ3n) is 2.96. The van der Waals surface area contributed by atoms with Gasteiger partial charge in [-0.2, -0.15) is 0 Å². The van der Waals surface area contributed by atoms with Gasteiger partial charge in [0.05, 0.1) is 19.2 Å². The Bertz CT molecular complexity index is 562. The standard InChI is InChI=1S/C15H21N3O5/c1-10(19)16-7-8-17-12(15(21)22)9-14(20)18-11-5-3-4-6-13(11)23-2/h3-6,12,17H,7-9H2,1-2H3,(H,16,19)(H,18,20)(H,21,22)/t12-/m1/s1. The highest BCUT2D eigenvalue weighted by Crippen LogP contribution is 2.23. The van der Waals surface area contributed by atoms with Crippen LogP contribution in [0.5, 0.6) is 5.75 Å². The molecule has 0 saturated carbocycles. The van der Waals surface area contributed by atoms with Gasteiger partial charge in [0, 0.05) is 20.0 Å². The molecule has 1 aromatic rings. The van der Waals surface area contributed by atoms with Crippen molar-refractivity contribution in [1.82, 2.24) is 10.6 Å². The van der Waals surface area contributed by atoms with Gasteiger partial charge >= 0.3 is 5.97 Å². The average Bonchev–Trinajstić information content (AvgIpc) is 2.50. The first-order chi connectivity index (χ1) is 10.9. The van der Waals surface area contributed by atoms with Gasteiger partial charge < -0.3 is 25.8 Å². The van der Waals surface area contributed by atoms with Gasteiger partial charge in [0.2, 0.25) is 11.8 Å². The second kappa shape index (κ2) is 9.42. The summed E-state index contributed by atoms with van der Waals surface area (Å²) in [4.78, 5) is 33.9. The molecule has 4 N–H and O–H groups in total. The normalized spacial score (nSPS) is 11.4. The smallest absolute Gasteiger partial charge is 0.321 e. The second-order valence-corrected chi connectivity index (χ2v) is 4.78. The number of hydrogen-bond acceptors (Lipinski definition) is 5. The molecule has 0 bridgehead atoms. The largest absolute Gasteiger partial charge is 0.495 e. The van der Waals surface area contributed by atoms with Crippen molar-refractivity contribution in [2.24, 2.45) is 0 Å². The molecule has 1 atom stereocenters. The molecule has 0 unspecified atom stereocenters. The summed E-state index contributed by atoms with van der Waals surface area (Å²) in [5.41, 5.74) is 0.474. The number of carbonyl (C=O) groups is 3. The molecule has 0 aromatic heterocycles. The van der Waals surface area contributed by atoms with Crippen molar-refractivity contribution in [3.63, 3.8) is 0 Å². The van der Waals surface area contributed by atoms with Gasteiger partial charge in [-0.05, 0) is 12.1 Å². The minimum atomic E-state index is -1.14. The molecule has 8 nitrogen and oxygen atoms in total. The highest BCUT2D eigenvalue weighted by atomic mass is 16.5. The van der Waals surface area contributed by atoms with E-state index in [1.807, 2.05) is 0 Å². The van der Waals surface area contributed by atoms with Gasteiger partial charge in [0.15, 0.2) is 0 Å². The first-order valence-corrected chi connectivity index (χ1v) is 7.07. The third-order valence-corrected chi connectivity index (χ3v) is 2.96. The Hall–Kier alpha value is -2.61. The fraction of sp³-hybridized carbons (Fsp3) is 0.400. The lowest BCUT2D eigenvalue weighted by Gasteiger charge is -2.15. The van der Waals surface area contributed by atoms with E-state index >= 15 is 0 Å². The molecule has 0 aliphatic carbocycles. The summed E-state index contributed by atoms with van der Waals surface area (Å²) in [6.45, 7) is 1.90. The third kappa shape index (κ3) is 6.79. The fourth-order valence-corrected chi connectivity index (χ4v) is 1.87. The maximum absolute atomic E-state index is 12.0. The van der Waals surface area contributed by atoms with E-state index in [1.54, 1.807) is 24.3 Å². The first kappa shape index (κ1) is 18.4. The maximum atomic E-state index is 12.0. The topological polar surface area (TPSA) is 117 Å². The van der Waals surface area contributed by atoms with Crippen molar-refractivity contribution in [2.45, 2.75) is 19.4 Å². The van der Waals surface area contributed by atoms with E-state index in [2.05, 4.69) is 16.0 Å². The van der Waals surface area contributed by atoms with E-state index in [1.165, 1.54) is 14.0 Å². The number of nitrogens with one attached hydrogen (secondary N) is 3. The summed E-state index contributed by atoms with van der Waals surface area (Å²) < 4.78 is 5.11. The van der Waals surface area contributed by atoms with Gasteiger partial charge in [-0.25, -0.2) is 0 Å². The van der Waals surface area contributed by atoms with Crippen LogP contribution in [0.3, 0.4) is 0 Å². The molecule has 1 rings (SSSR count). The number of aliphatic carboxylic acids is 1. The number of ether oxygens (including phenoxy) is 1. The zero-order valence-corrected chi connectivity index (χ0v) is 13.1. The molecule has 0 spiro atoms. The summed E-state index contributed by atoms with van der Waals surface area (Å²) in [5, 5.41) is 17.0. The molecule has 0 radical (unpaired) electrons. The molecule has 0 aliphatic rings. The van der Waals surface area contributed by atoms with Crippen LogP contribution in [-0.4, -0.2) is 49.1 Å². The Morgan fingerprint density at radius 1 is 1.22 bits per heavy atom. The van der Waals surface area contributed by atoms with Crippen LogP contribution < -0.4 is 20.7 Å². The predicted octanol–water partition coefficient (Wildman–Crippen LogP) is 0.203. The summed E-state index contributed by atoms with van der Waals surface area (Å²) in [6.07, 6.45) is -0.243. The van der Waals surface area contributed by atoms with Crippen LogP contribution in [0.15, 0.2) is 24.3 Å². The van der Waals surface area contributed by atoms with E-state index in [9.17, 15) is 14.4 Å². The predicted molar refractivity (Wildman–Crippen MR) is 84.4 cm³/mol. The van der Waals surface area contributed by atoms with Gasteiger partial charge in [-0.15, -0.1) is 0 Å². The summed E-state index contributed by atoms with van der Waals surface area (Å²) in [5.74, 6) is -1.30. The molecule has 8 heteroatoms. The number of para-hydroxylation sites is 2. The van der Waals surface area contributed by atoms with Crippen LogP contribution in [0.1, 0.15) is 13.3 Å². The number of carboxylic acid groups (broad SMARTS) is 1. The average molecular weight is 323 g/mol. The Kier molecular flexibility index (Phi) is 7.55. The second-order valence-electron chi connectivity index (χ2n) is 4.78. The van der Waals surface area contributed by atoms with Crippen molar-refractivity contribution in [1.29, 1.82) is 0 Å². The van der Waals surface area contributed by atoms with Crippen molar-refractivity contribution in [2.75, 3.05) is 25.5 Å². The number of anilines is 1. The van der Waals surface area contributed by atoms with Crippen LogP contribution in [0.25, 0.3) is 0 Å². The molecular formula is C15H21N3O5. The number of hydrogen-bond donors (Lipinski definition) is 4. The van der Waals surface area contributed by atoms with E-state index < -0.39 is 17.9 Å². The van der Waals surface area contributed by atoms with Crippen molar-refractivity contribution >= 4 is 23.5 Å². The molecular weight excluding hydrogens is 302 g/mol. The number of methoxy groups -OCH3 is 1. The minimum absolute atomic E-state index is 0.201. The van der Waals surface area contributed by atoms with E-state index in [-0.39, 0.29) is 25.4 Å². The molecule has 0 aliphatic heterocycles. The Morgan fingerprint density at radius 3 is 2.52 bits per heavy atom. The summed E-state index contributed by atoms with van der Waals surface area (Å²) >= 11 is 0. The van der Waals surface area contributed by atoms with Crippen LogP contribution >= 0.6 is 0 Å². The molecule has 0 saturated heterocycles. The molecule has 0 fully saturated rings. The lowest BCUT2D eigenvalue weighted by atomic mass is 10.2. The number of benzene rings is 1. The lowest BCUT2D eigenvalue weighted by Crippen LogP contribution is -2.43. The Balaban J connectivity index is 2.53. The molecule has 23 heavy (non-hydrogen) atoms. The first-order valence-electron chi connectivity index (χ1n) is 7.07. The number of amides is 2. The Labute approximate surface area is 134 Å². The maximum Gasteiger partial charge on any atom is 0.321 e. The van der Waals surface area contributed by atoms with E-state index in [0.29, 0.717) is 11.4 Å². The van der Waals surface area contributed by atoms with Gasteiger partial charge in [0.25, 0.3) is 0 Å². The Morgan fingerprint density at radius 2 is 1.91 bits per heavy atom. The quantitative estimate of drug-likeness (QED) is 0.483. The molecule has 2 amide bonds. The SMILES string of the molecule is COc1ccccc1NC(=O)C[C@@H](NCCNC(C)=O)C(=O)O. The zero-order valence-electron chi connectivity index (χ0n) is 13.1. The minimum Gasteiger partial charge on any atom is -0.495 e. The van der Waals surface area contributed by atoms with Crippen molar-refractivity contribution < 1.29 is 24.2 Å². The van der Waals surface area contributed by atoms with Crippen LogP contribution in [0.2, 0.25) is 0 Å². The number of rotatable bonds is 9. The highest BCUT2D eigenvalue weighted by molar-refractivity contribution is 5.95. The molecule has 1 aromatic carbocycles. The van der Waals surface area contributed by atoms with E-state index in [0.717, 1.165) is 0 Å². The van der Waals surface area contributed by atoms with Crippen LogP contribution in [0.4, 0.5) is 5.69 Å². The van der Waals surface area contributed by atoms with Crippen molar-refractivity contribution in [3.8, 4) is 5.75 Å². The monoisotopic (exact) mass is 323 g/mol. The highest BCUT2D eigenvalue weighted by Gasteiger charge is 2.21. The van der Waals surface area contributed by atoms with Crippen LogP contribution in [-0.2, 0) is 14.4 Å². The van der Waals surface area contributed by atoms with Crippen LogP contribution in [0, 0.1) is 0 Å². The molecule has 0 heterocycles. The van der Waals surface area contributed by atoms with Gasteiger partial charge in [-0.1, -0.05) is 12.1 Å². The summed E-state index contributed by atoms with van der Waals surface area (Å²) in [7, 11) is 1.48. The molecule has 126 valence electrons. The summed E-state index contributed by atoms with van der Waals surface area (Å²) in [6, 6.07) is 5.81. The lowest BCUT2D eigenvalue weighted by molar-refractivity contribution is -0.141. The zero-order chi connectivity index (χ0) is 17.2. The number of carboxylic acids is 1. The number of carbonyl (C=O) groups excluding carboxylic acids is 2.